The van der Waals surface area contributed by atoms with Crippen molar-refractivity contribution in [2.45, 2.75) is 6.54 Å². The lowest BCUT2D eigenvalue weighted by atomic mass is 10.2. The molecule has 0 fully saturated rings. The third-order valence-corrected chi connectivity index (χ3v) is 1.97. The highest BCUT2D eigenvalue weighted by atomic mass is 19.1. The molecule has 1 N–H and O–H groups in total. The topological polar surface area (TPSA) is 50.7 Å². The second-order valence-corrected chi connectivity index (χ2v) is 3.03. The van der Waals surface area contributed by atoms with Gasteiger partial charge in [-0.15, -0.1) is 0 Å². The van der Waals surface area contributed by atoms with Crippen LogP contribution in [0.1, 0.15) is 5.56 Å². The van der Waals surface area contributed by atoms with Crippen LogP contribution in [0.2, 0.25) is 0 Å². The molecule has 0 unspecified atom stereocenters. The fourth-order valence-corrected chi connectivity index (χ4v) is 1.23. The highest BCUT2D eigenvalue weighted by molar-refractivity contribution is 5.18. The molecule has 2 rings (SSSR count). The zero-order valence-corrected chi connectivity index (χ0v) is 7.58. The number of rotatable bonds is 2. The van der Waals surface area contributed by atoms with Gasteiger partial charge in [0.1, 0.15) is 18.0 Å². The number of nitrogens with one attached hydrogen (secondary N) is 1. The molecule has 0 amide bonds. The van der Waals surface area contributed by atoms with Gasteiger partial charge < -0.3 is 0 Å². The van der Waals surface area contributed by atoms with E-state index in [0.717, 1.165) is 22.8 Å². The minimum absolute atomic E-state index is 0.0427. The number of aromatic nitrogens is 3. The van der Waals surface area contributed by atoms with Crippen LogP contribution >= 0.6 is 0 Å². The summed E-state index contributed by atoms with van der Waals surface area (Å²) in [5.74, 6) is -1.09. The van der Waals surface area contributed by atoms with Gasteiger partial charge in [-0.1, -0.05) is 0 Å². The van der Waals surface area contributed by atoms with Crippen LogP contribution in [-0.2, 0) is 6.54 Å². The van der Waals surface area contributed by atoms with Gasteiger partial charge in [-0.3, -0.25) is 4.57 Å². The highest BCUT2D eigenvalue weighted by Gasteiger charge is 2.06. The molecule has 78 valence electrons. The molecule has 1 heterocycles. The molecule has 6 heteroatoms. The SMILES string of the molecule is O=c1[nH]ncn1Cc1cc(F)ccc1F. The molecular formula is C9H7F2N3O. The van der Waals surface area contributed by atoms with E-state index in [0.29, 0.717) is 0 Å². The van der Waals surface area contributed by atoms with Gasteiger partial charge in [-0.05, 0) is 18.2 Å². The van der Waals surface area contributed by atoms with E-state index in [4.69, 9.17) is 0 Å². The second kappa shape index (κ2) is 3.64. The Morgan fingerprint density at radius 3 is 2.87 bits per heavy atom. The molecular weight excluding hydrogens is 204 g/mol. The average molecular weight is 211 g/mol. The quantitative estimate of drug-likeness (QED) is 0.802. The van der Waals surface area contributed by atoms with Crippen molar-refractivity contribution in [1.82, 2.24) is 14.8 Å². The second-order valence-electron chi connectivity index (χ2n) is 3.03. The first-order chi connectivity index (χ1) is 7.16. The van der Waals surface area contributed by atoms with Crippen LogP contribution in [0.15, 0.2) is 29.3 Å². The Morgan fingerprint density at radius 2 is 2.20 bits per heavy atom. The monoisotopic (exact) mass is 211 g/mol. The summed E-state index contributed by atoms with van der Waals surface area (Å²) < 4.78 is 27.1. The number of H-pyrrole nitrogens is 1. The Balaban J connectivity index is 2.36. The fraction of sp³-hybridized carbons (Fsp3) is 0.111. The molecule has 1 aromatic carbocycles. The Hall–Kier alpha value is -1.98. The van der Waals surface area contributed by atoms with Gasteiger partial charge in [0.2, 0.25) is 0 Å². The molecule has 0 bridgehead atoms. The van der Waals surface area contributed by atoms with E-state index in [1.54, 1.807) is 0 Å². The van der Waals surface area contributed by atoms with E-state index in [1.165, 1.54) is 6.33 Å². The van der Waals surface area contributed by atoms with E-state index in [-0.39, 0.29) is 12.1 Å². The van der Waals surface area contributed by atoms with Gasteiger partial charge in [0.05, 0.1) is 6.54 Å². The molecule has 4 nitrogen and oxygen atoms in total. The molecule has 15 heavy (non-hydrogen) atoms. The Morgan fingerprint density at radius 1 is 1.40 bits per heavy atom. The zero-order valence-electron chi connectivity index (χ0n) is 7.58. The van der Waals surface area contributed by atoms with E-state index in [1.807, 2.05) is 0 Å². The maximum absolute atomic E-state index is 13.2. The minimum Gasteiger partial charge on any atom is -0.277 e. The van der Waals surface area contributed by atoms with E-state index >= 15 is 0 Å². The molecule has 0 aliphatic rings. The third-order valence-electron chi connectivity index (χ3n) is 1.97. The first-order valence-electron chi connectivity index (χ1n) is 4.20. The van der Waals surface area contributed by atoms with Crippen LogP contribution in [-0.4, -0.2) is 14.8 Å². The summed E-state index contributed by atoms with van der Waals surface area (Å²) >= 11 is 0. The Bertz CT molecular complexity index is 532. The molecule has 1 aromatic heterocycles. The molecule has 0 aliphatic heterocycles. The van der Waals surface area contributed by atoms with Crippen molar-refractivity contribution in [2.24, 2.45) is 0 Å². The third kappa shape index (κ3) is 1.93. The van der Waals surface area contributed by atoms with Crippen LogP contribution in [0.25, 0.3) is 0 Å². The molecule has 2 aromatic rings. The summed E-state index contributed by atoms with van der Waals surface area (Å²) in [5, 5.41) is 5.64. The van der Waals surface area contributed by atoms with Gasteiger partial charge in [-0.25, -0.2) is 18.7 Å². The standard InChI is InChI=1S/C9H7F2N3O/c10-7-1-2-8(11)6(3-7)4-14-5-12-13-9(14)15/h1-3,5H,4H2,(H,13,15). The maximum Gasteiger partial charge on any atom is 0.343 e. The minimum atomic E-state index is -0.551. The lowest BCUT2D eigenvalue weighted by Crippen LogP contribution is -2.17. The molecule has 0 spiro atoms. The summed E-state index contributed by atoms with van der Waals surface area (Å²) in [7, 11) is 0. The molecule has 0 atom stereocenters. The van der Waals surface area contributed by atoms with Crippen molar-refractivity contribution < 1.29 is 8.78 Å². The van der Waals surface area contributed by atoms with E-state index in [2.05, 4.69) is 10.2 Å². The fourth-order valence-electron chi connectivity index (χ4n) is 1.23. The predicted octanol–water partition coefficient (Wildman–Crippen LogP) is 0.898. The van der Waals surface area contributed by atoms with Crippen LogP contribution in [0, 0.1) is 11.6 Å². The van der Waals surface area contributed by atoms with Gasteiger partial charge in [-0.2, -0.15) is 5.10 Å². The number of nitrogens with zero attached hydrogens (tertiary/aromatic N) is 2. The lowest BCUT2D eigenvalue weighted by Gasteiger charge is -2.02. The number of aromatic amines is 1. The predicted molar refractivity (Wildman–Crippen MR) is 48.3 cm³/mol. The summed E-state index contributed by atoms with van der Waals surface area (Å²) in [6.07, 6.45) is 1.23. The lowest BCUT2D eigenvalue weighted by molar-refractivity contribution is 0.574. The number of halogens is 2. The van der Waals surface area contributed by atoms with Crippen molar-refractivity contribution in [2.75, 3.05) is 0 Å². The summed E-state index contributed by atoms with van der Waals surface area (Å²) in [5.41, 5.74) is -0.350. The van der Waals surface area contributed by atoms with Crippen LogP contribution in [0.4, 0.5) is 8.78 Å². The number of benzene rings is 1. The number of hydrogen-bond acceptors (Lipinski definition) is 2. The Labute approximate surface area is 83.2 Å². The van der Waals surface area contributed by atoms with Crippen molar-refractivity contribution in [3.05, 3.63) is 52.2 Å². The summed E-state index contributed by atoms with van der Waals surface area (Å²) in [6.45, 7) is -0.0427. The Kier molecular flexibility index (Phi) is 2.32. The normalized spacial score (nSPS) is 10.5. The first kappa shape index (κ1) is 9.57. The molecule has 0 saturated heterocycles. The van der Waals surface area contributed by atoms with Crippen molar-refractivity contribution in [1.29, 1.82) is 0 Å². The van der Waals surface area contributed by atoms with Gasteiger partial charge in [0, 0.05) is 5.56 Å². The van der Waals surface area contributed by atoms with Gasteiger partial charge in [0.15, 0.2) is 0 Å². The van der Waals surface area contributed by atoms with Crippen LogP contribution in [0.5, 0.6) is 0 Å². The number of hydrogen-bond donors (Lipinski definition) is 1. The van der Waals surface area contributed by atoms with E-state index in [9.17, 15) is 13.6 Å². The van der Waals surface area contributed by atoms with Gasteiger partial charge in [0.25, 0.3) is 0 Å². The van der Waals surface area contributed by atoms with Crippen molar-refractivity contribution in [3.8, 4) is 0 Å². The largest absolute Gasteiger partial charge is 0.343 e. The summed E-state index contributed by atoms with van der Waals surface area (Å²) in [6, 6.07) is 3.10. The van der Waals surface area contributed by atoms with Crippen LogP contribution < -0.4 is 5.69 Å². The molecule has 0 saturated carbocycles. The maximum atomic E-state index is 13.2. The van der Waals surface area contributed by atoms with Gasteiger partial charge >= 0.3 is 5.69 Å². The summed E-state index contributed by atoms with van der Waals surface area (Å²) in [4.78, 5) is 11.0. The zero-order chi connectivity index (χ0) is 10.8. The van der Waals surface area contributed by atoms with Crippen molar-refractivity contribution >= 4 is 0 Å². The first-order valence-corrected chi connectivity index (χ1v) is 4.20. The van der Waals surface area contributed by atoms with Crippen molar-refractivity contribution in [3.63, 3.8) is 0 Å². The molecule has 0 aliphatic carbocycles. The molecule has 0 radical (unpaired) electrons. The van der Waals surface area contributed by atoms with Crippen LogP contribution in [0.3, 0.4) is 0 Å². The average Bonchev–Trinajstić information content (AvgIpc) is 2.58. The van der Waals surface area contributed by atoms with E-state index < -0.39 is 17.3 Å². The smallest absolute Gasteiger partial charge is 0.277 e. The highest BCUT2D eigenvalue weighted by Crippen LogP contribution is 2.10.